The number of anilines is 1. The fourth-order valence-electron chi connectivity index (χ4n) is 2.61. The van der Waals surface area contributed by atoms with Gasteiger partial charge in [-0.25, -0.2) is 4.79 Å². The molecule has 0 bridgehead atoms. The van der Waals surface area contributed by atoms with Crippen molar-refractivity contribution in [2.24, 2.45) is 0 Å². The molecule has 0 unspecified atom stereocenters. The molecule has 0 spiro atoms. The van der Waals surface area contributed by atoms with Gasteiger partial charge in [-0.15, -0.1) is 0 Å². The van der Waals surface area contributed by atoms with Crippen LogP contribution in [-0.4, -0.2) is 39.8 Å². The predicted molar refractivity (Wildman–Crippen MR) is 107 cm³/mol. The first-order valence-electron chi connectivity index (χ1n) is 8.52. The zero-order chi connectivity index (χ0) is 20.7. The van der Waals surface area contributed by atoms with Crippen LogP contribution in [0.4, 0.5) is 5.69 Å². The van der Waals surface area contributed by atoms with E-state index in [2.05, 4.69) is 10.6 Å². The lowest BCUT2D eigenvalue weighted by molar-refractivity contribution is -0.120. The fourth-order valence-corrected chi connectivity index (χ4v) is 2.73. The lowest BCUT2D eigenvalue weighted by Crippen LogP contribution is -2.32. The highest BCUT2D eigenvalue weighted by Crippen LogP contribution is 2.33. The van der Waals surface area contributed by atoms with Crippen LogP contribution in [0.25, 0.3) is 0 Å². The van der Waals surface area contributed by atoms with Gasteiger partial charge in [-0.1, -0.05) is 23.7 Å². The molecule has 2 aromatic rings. The van der Waals surface area contributed by atoms with Crippen molar-refractivity contribution in [2.75, 3.05) is 33.2 Å². The minimum Gasteiger partial charge on any atom is -0.493 e. The summed E-state index contributed by atoms with van der Waals surface area (Å²) in [5, 5.41) is 6.47. The molecule has 1 amide bonds. The van der Waals surface area contributed by atoms with E-state index in [1.54, 1.807) is 18.2 Å². The molecular formula is C20H23ClN2O5. The summed E-state index contributed by atoms with van der Waals surface area (Å²) in [5.74, 6) is 0.00769. The second kappa shape index (κ2) is 9.85. The minimum absolute atomic E-state index is 0.0442. The molecule has 0 saturated heterocycles. The molecule has 0 fully saturated rings. The summed E-state index contributed by atoms with van der Waals surface area (Å²) in [6.07, 6.45) is 0. The molecule has 150 valence electrons. The number of halogens is 1. The SMILES string of the molecule is COC(=O)c1cc(OC)c(OC)cc1NCC(=O)N[C@@H](C)c1ccc(Cl)cc1. The van der Waals surface area contributed by atoms with Crippen LogP contribution in [-0.2, 0) is 9.53 Å². The molecule has 8 heteroatoms. The van der Waals surface area contributed by atoms with E-state index < -0.39 is 5.97 Å². The summed E-state index contributed by atoms with van der Waals surface area (Å²) in [7, 11) is 4.24. The smallest absolute Gasteiger partial charge is 0.340 e. The third-order valence-corrected chi connectivity index (χ3v) is 4.37. The Kier molecular flexibility index (Phi) is 7.52. The standard InChI is InChI=1S/C20H23ClN2O5/c1-12(13-5-7-14(21)8-6-13)23-19(24)11-22-16-10-18(27-3)17(26-2)9-15(16)20(25)28-4/h5-10,12,22H,11H2,1-4H3,(H,23,24)/t12-/m0/s1. The van der Waals surface area contributed by atoms with Crippen LogP contribution in [0.1, 0.15) is 28.9 Å². The van der Waals surface area contributed by atoms with E-state index in [1.807, 2.05) is 19.1 Å². The molecule has 2 aromatic carbocycles. The Morgan fingerprint density at radius 3 is 2.21 bits per heavy atom. The zero-order valence-corrected chi connectivity index (χ0v) is 16.9. The molecule has 7 nitrogen and oxygen atoms in total. The average molecular weight is 407 g/mol. The summed E-state index contributed by atoms with van der Waals surface area (Å²) >= 11 is 5.88. The number of hydrogen-bond acceptors (Lipinski definition) is 6. The number of methoxy groups -OCH3 is 3. The molecule has 28 heavy (non-hydrogen) atoms. The highest BCUT2D eigenvalue weighted by atomic mass is 35.5. The fraction of sp³-hybridized carbons (Fsp3) is 0.300. The molecule has 1 atom stereocenters. The number of amides is 1. The van der Waals surface area contributed by atoms with Crippen molar-refractivity contribution in [2.45, 2.75) is 13.0 Å². The average Bonchev–Trinajstić information content (AvgIpc) is 2.71. The summed E-state index contributed by atoms with van der Waals surface area (Å²) in [5.41, 5.74) is 1.57. The largest absolute Gasteiger partial charge is 0.493 e. The quantitative estimate of drug-likeness (QED) is 0.653. The Labute approximate surface area is 168 Å². The normalized spacial score (nSPS) is 11.3. The first-order valence-corrected chi connectivity index (χ1v) is 8.90. The van der Waals surface area contributed by atoms with Crippen LogP contribution in [0.15, 0.2) is 36.4 Å². The van der Waals surface area contributed by atoms with E-state index >= 15 is 0 Å². The first-order chi connectivity index (χ1) is 13.4. The van der Waals surface area contributed by atoms with Crippen LogP contribution in [0, 0.1) is 0 Å². The molecule has 0 aliphatic carbocycles. The van der Waals surface area contributed by atoms with E-state index in [-0.39, 0.29) is 24.1 Å². The Hall–Kier alpha value is -2.93. The molecular weight excluding hydrogens is 384 g/mol. The van der Waals surface area contributed by atoms with Crippen molar-refractivity contribution in [3.63, 3.8) is 0 Å². The predicted octanol–water partition coefficient (Wildman–Crippen LogP) is 3.43. The van der Waals surface area contributed by atoms with Crippen molar-refractivity contribution in [3.05, 3.63) is 52.5 Å². The Balaban J connectivity index is 2.10. The molecule has 2 rings (SSSR count). The molecule has 0 aliphatic heterocycles. The molecule has 0 saturated carbocycles. The Bertz CT molecular complexity index is 839. The van der Waals surface area contributed by atoms with Gasteiger partial charge in [0.05, 0.1) is 45.2 Å². The highest BCUT2D eigenvalue weighted by molar-refractivity contribution is 6.30. The van der Waals surface area contributed by atoms with E-state index in [0.29, 0.717) is 22.2 Å². The van der Waals surface area contributed by atoms with Crippen molar-refractivity contribution in [1.29, 1.82) is 0 Å². The van der Waals surface area contributed by atoms with Crippen LogP contribution in [0.5, 0.6) is 11.5 Å². The molecule has 2 N–H and O–H groups in total. The number of rotatable bonds is 8. The number of esters is 1. The number of carbonyl (C=O) groups excluding carboxylic acids is 2. The van der Waals surface area contributed by atoms with Crippen molar-refractivity contribution >= 4 is 29.2 Å². The van der Waals surface area contributed by atoms with Gasteiger partial charge in [-0.2, -0.15) is 0 Å². The van der Waals surface area contributed by atoms with Gasteiger partial charge >= 0.3 is 5.97 Å². The van der Waals surface area contributed by atoms with E-state index in [0.717, 1.165) is 5.56 Å². The highest BCUT2D eigenvalue weighted by Gasteiger charge is 2.18. The lowest BCUT2D eigenvalue weighted by Gasteiger charge is -2.17. The first kappa shape index (κ1) is 21.4. The zero-order valence-electron chi connectivity index (χ0n) is 16.2. The summed E-state index contributed by atoms with van der Waals surface area (Å²) < 4.78 is 15.3. The topological polar surface area (TPSA) is 85.9 Å². The van der Waals surface area contributed by atoms with Crippen molar-refractivity contribution in [3.8, 4) is 11.5 Å². The number of carbonyl (C=O) groups is 2. The van der Waals surface area contributed by atoms with Gasteiger partial charge in [-0.3, -0.25) is 4.79 Å². The van der Waals surface area contributed by atoms with Gasteiger partial charge in [0, 0.05) is 17.2 Å². The third kappa shape index (κ3) is 5.29. The van der Waals surface area contributed by atoms with Crippen molar-refractivity contribution < 1.29 is 23.8 Å². The maximum atomic E-state index is 12.3. The van der Waals surface area contributed by atoms with Crippen molar-refractivity contribution in [1.82, 2.24) is 5.32 Å². The number of nitrogens with one attached hydrogen (secondary N) is 2. The van der Waals surface area contributed by atoms with Crippen LogP contribution >= 0.6 is 11.6 Å². The third-order valence-electron chi connectivity index (χ3n) is 4.12. The van der Waals surface area contributed by atoms with Crippen LogP contribution in [0.2, 0.25) is 5.02 Å². The second-order valence-electron chi connectivity index (χ2n) is 5.94. The van der Waals surface area contributed by atoms with Gasteiger partial charge in [0.2, 0.25) is 5.91 Å². The molecule has 0 radical (unpaired) electrons. The van der Waals surface area contributed by atoms with Gasteiger partial charge in [-0.05, 0) is 24.6 Å². The van der Waals surface area contributed by atoms with Gasteiger partial charge < -0.3 is 24.8 Å². The van der Waals surface area contributed by atoms with E-state index in [4.69, 9.17) is 25.8 Å². The van der Waals surface area contributed by atoms with Gasteiger partial charge in [0.1, 0.15) is 0 Å². The van der Waals surface area contributed by atoms with Gasteiger partial charge in [0.15, 0.2) is 11.5 Å². The van der Waals surface area contributed by atoms with Gasteiger partial charge in [0.25, 0.3) is 0 Å². The van der Waals surface area contributed by atoms with E-state index in [9.17, 15) is 9.59 Å². The second-order valence-corrected chi connectivity index (χ2v) is 6.38. The number of ether oxygens (including phenoxy) is 3. The van der Waals surface area contributed by atoms with Crippen LogP contribution < -0.4 is 20.1 Å². The minimum atomic E-state index is -0.557. The maximum absolute atomic E-state index is 12.3. The Morgan fingerprint density at radius 1 is 1.04 bits per heavy atom. The number of hydrogen-bond donors (Lipinski definition) is 2. The summed E-state index contributed by atoms with van der Waals surface area (Å²) in [6.45, 7) is 1.83. The Morgan fingerprint density at radius 2 is 1.64 bits per heavy atom. The molecule has 0 aliphatic rings. The molecule has 0 heterocycles. The summed E-state index contributed by atoms with van der Waals surface area (Å²) in [6, 6.07) is 10.1. The summed E-state index contributed by atoms with van der Waals surface area (Å²) in [4.78, 5) is 24.4. The number of benzene rings is 2. The van der Waals surface area contributed by atoms with Crippen LogP contribution in [0.3, 0.4) is 0 Å². The maximum Gasteiger partial charge on any atom is 0.340 e. The molecule has 0 aromatic heterocycles. The lowest BCUT2D eigenvalue weighted by atomic mass is 10.1. The van der Waals surface area contributed by atoms with E-state index in [1.165, 1.54) is 27.4 Å². The monoisotopic (exact) mass is 406 g/mol.